The van der Waals surface area contributed by atoms with Crippen LogP contribution >= 0.6 is 0 Å². The molecule has 0 radical (unpaired) electrons. The molecule has 2 nitrogen and oxygen atoms in total. The largest absolute Gasteiger partial charge is 0.309 e. The zero-order valence-electron chi connectivity index (χ0n) is 34.0. The Morgan fingerprint density at radius 2 is 0.694 bits per heavy atom. The van der Waals surface area contributed by atoms with Crippen LogP contribution in [-0.4, -0.2) is 9.13 Å². The van der Waals surface area contributed by atoms with E-state index in [1.807, 2.05) is 0 Å². The van der Waals surface area contributed by atoms with Gasteiger partial charge in [-0.2, -0.15) is 0 Å². The van der Waals surface area contributed by atoms with Crippen LogP contribution in [0.25, 0.3) is 111 Å². The molecule has 12 aromatic rings. The van der Waals surface area contributed by atoms with Crippen molar-refractivity contribution in [2.45, 2.75) is 0 Å². The molecule has 0 amide bonds. The second kappa shape index (κ2) is 14.8. The Kier molecular flexibility index (Phi) is 8.53. The van der Waals surface area contributed by atoms with Crippen LogP contribution in [0.1, 0.15) is 0 Å². The van der Waals surface area contributed by atoms with Gasteiger partial charge in [0.25, 0.3) is 0 Å². The van der Waals surface area contributed by atoms with Gasteiger partial charge in [0.15, 0.2) is 0 Å². The third-order valence-corrected chi connectivity index (χ3v) is 12.5. The van der Waals surface area contributed by atoms with Gasteiger partial charge in [0.2, 0.25) is 0 Å². The number of para-hydroxylation sites is 1. The molecular formula is C60H40N2. The van der Waals surface area contributed by atoms with E-state index in [1.165, 1.54) is 99.2 Å². The van der Waals surface area contributed by atoms with Crippen molar-refractivity contribution in [1.29, 1.82) is 0 Å². The third-order valence-electron chi connectivity index (χ3n) is 12.5. The van der Waals surface area contributed by atoms with Crippen LogP contribution < -0.4 is 0 Å². The van der Waals surface area contributed by atoms with Crippen molar-refractivity contribution in [2.75, 3.05) is 0 Å². The Balaban J connectivity index is 1.07. The number of rotatable bonds is 7. The normalized spacial score (nSPS) is 11.5. The van der Waals surface area contributed by atoms with Crippen molar-refractivity contribution in [2.24, 2.45) is 0 Å². The minimum Gasteiger partial charge on any atom is -0.309 e. The summed E-state index contributed by atoms with van der Waals surface area (Å²) in [5.41, 5.74) is 19.0. The third kappa shape index (κ3) is 5.96. The number of fused-ring (bicyclic) bond motifs is 6. The van der Waals surface area contributed by atoms with Gasteiger partial charge in [-0.05, 0) is 105 Å². The van der Waals surface area contributed by atoms with E-state index < -0.39 is 0 Å². The summed E-state index contributed by atoms with van der Waals surface area (Å²) < 4.78 is 4.91. The highest BCUT2D eigenvalue weighted by atomic mass is 15.0. The van der Waals surface area contributed by atoms with Gasteiger partial charge in [-0.1, -0.05) is 188 Å². The molecule has 0 saturated carbocycles. The van der Waals surface area contributed by atoms with E-state index in [-0.39, 0.29) is 0 Å². The van der Waals surface area contributed by atoms with Crippen LogP contribution in [0.4, 0.5) is 0 Å². The Morgan fingerprint density at radius 3 is 1.37 bits per heavy atom. The van der Waals surface area contributed by atoms with E-state index in [0.717, 1.165) is 11.4 Å². The van der Waals surface area contributed by atoms with Gasteiger partial charge < -0.3 is 9.13 Å². The smallest absolute Gasteiger partial charge is 0.0547 e. The lowest BCUT2D eigenvalue weighted by Crippen LogP contribution is -1.98. The SMILES string of the molecule is c1ccc(-c2cccc(-n3c4ccc(-c5ccc6c(c5)c5ccccc5n6-c5cc(-c6ccccc6)ccc5-c5ccccc5)cc4c4c(-c5ccccc5)cccc43)c2)cc1. The molecule has 290 valence electrons. The van der Waals surface area contributed by atoms with Gasteiger partial charge in [0.1, 0.15) is 0 Å². The predicted molar refractivity (Wildman–Crippen MR) is 262 cm³/mol. The summed E-state index contributed by atoms with van der Waals surface area (Å²) in [6.07, 6.45) is 0. The molecule has 2 heteroatoms. The van der Waals surface area contributed by atoms with E-state index in [2.05, 4.69) is 252 Å². The lowest BCUT2D eigenvalue weighted by atomic mass is 9.97. The summed E-state index contributed by atoms with van der Waals surface area (Å²) in [4.78, 5) is 0. The molecule has 0 fully saturated rings. The summed E-state index contributed by atoms with van der Waals surface area (Å²) in [5, 5.41) is 4.95. The number of hydrogen-bond donors (Lipinski definition) is 0. The molecule has 0 unspecified atom stereocenters. The number of aromatic nitrogens is 2. The monoisotopic (exact) mass is 788 g/mol. The Labute approximate surface area is 360 Å². The van der Waals surface area contributed by atoms with Gasteiger partial charge in [-0.25, -0.2) is 0 Å². The van der Waals surface area contributed by atoms with Crippen LogP contribution in [-0.2, 0) is 0 Å². The van der Waals surface area contributed by atoms with Crippen molar-refractivity contribution in [3.63, 3.8) is 0 Å². The zero-order valence-corrected chi connectivity index (χ0v) is 34.0. The molecule has 0 atom stereocenters. The van der Waals surface area contributed by atoms with Crippen molar-refractivity contribution < 1.29 is 0 Å². The van der Waals surface area contributed by atoms with E-state index in [1.54, 1.807) is 0 Å². The molecule has 0 aliphatic carbocycles. The fraction of sp³-hybridized carbons (Fsp3) is 0. The molecule has 0 saturated heterocycles. The fourth-order valence-electron chi connectivity index (χ4n) is 9.64. The average molecular weight is 789 g/mol. The minimum atomic E-state index is 1.14. The van der Waals surface area contributed by atoms with E-state index >= 15 is 0 Å². The molecule has 2 heterocycles. The van der Waals surface area contributed by atoms with Crippen LogP contribution in [0.5, 0.6) is 0 Å². The first-order chi connectivity index (χ1) is 30.8. The summed E-state index contributed by atoms with van der Waals surface area (Å²) in [6, 6.07) is 88.4. The molecule has 62 heavy (non-hydrogen) atoms. The molecule has 10 aromatic carbocycles. The van der Waals surface area contributed by atoms with Gasteiger partial charge in [-0.15, -0.1) is 0 Å². The molecule has 12 rings (SSSR count). The van der Waals surface area contributed by atoms with Crippen LogP contribution in [0.2, 0.25) is 0 Å². The number of nitrogens with zero attached hydrogens (tertiary/aromatic N) is 2. The molecule has 0 N–H and O–H groups in total. The Morgan fingerprint density at radius 1 is 0.226 bits per heavy atom. The van der Waals surface area contributed by atoms with E-state index in [4.69, 9.17) is 0 Å². The maximum Gasteiger partial charge on any atom is 0.0547 e. The second-order valence-electron chi connectivity index (χ2n) is 16.1. The molecule has 0 bridgehead atoms. The zero-order chi connectivity index (χ0) is 41.0. The quantitative estimate of drug-likeness (QED) is 0.152. The Hall–Kier alpha value is -8.20. The van der Waals surface area contributed by atoms with Gasteiger partial charge in [-0.3, -0.25) is 0 Å². The summed E-state index contributed by atoms with van der Waals surface area (Å²) in [5.74, 6) is 0. The lowest BCUT2D eigenvalue weighted by molar-refractivity contribution is 1.18. The van der Waals surface area contributed by atoms with Crippen LogP contribution in [0.15, 0.2) is 243 Å². The summed E-state index contributed by atoms with van der Waals surface area (Å²) in [6.45, 7) is 0. The maximum absolute atomic E-state index is 2.47. The van der Waals surface area contributed by atoms with Crippen LogP contribution in [0.3, 0.4) is 0 Å². The Bertz CT molecular complexity index is 3600. The summed E-state index contributed by atoms with van der Waals surface area (Å²) >= 11 is 0. The number of benzene rings is 10. The van der Waals surface area contributed by atoms with Gasteiger partial charge in [0.05, 0.1) is 27.8 Å². The topological polar surface area (TPSA) is 9.86 Å². The molecule has 0 aliphatic rings. The van der Waals surface area contributed by atoms with Crippen molar-refractivity contribution in [1.82, 2.24) is 9.13 Å². The highest BCUT2D eigenvalue weighted by molar-refractivity contribution is 6.17. The first-order valence-electron chi connectivity index (χ1n) is 21.3. The molecule has 0 aliphatic heterocycles. The lowest BCUT2D eigenvalue weighted by Gasteiger charge is -2.16. The molecule has 2 aromatic heterocycles. The molecule has 0 spiro atoms. The standard InChI is InChI=1S/C60H40N2/c1-5-17-41(18-6-1)45-25-15-26-49(37-45)61-57-36-33-47(39-54(57)60-51(28-16-30-58(60)61)44-23-11-4-12-24-44)46-32-35-56-53(38-46)52-27-13-14-29-55(52)62(56)59-40-48(42-19-7-2-8-20-42)31-34-50(59)43-21-9-3-10-22-43/h1-40H. The van der Waals surface area contributed by atoms with Crippen LogP contribution in [0, 0.1) is 0 Å². The maximum atomic E-state index is 2.47. The van der Waals surface area contributed by atoms with Crippen molar-refractivity contribution >= 4 is 43.6 Å². The van der Waals surface area contributed by atoms with Crippen molar-refractivity contribution in [3.8, 4) is 67.0 Å². The summed E-state index contributed by atoms with van der Waals surface area (Å²) in [7, 11) is 0. The fourth-order valence-corrected chi connectivity index (χ4v) is 9.64. The van der Waals surface area contributed by atoms with Gasteiger partial charge >= 0.3 is 0 Å². The predicted octanol–water partition coefficient (Wildman–Crippen LogP) is 16.2. The first-order valence-corrected chi connectivity index (χ1v) is 21.3. The highest BCUT2D eigenvalue weighted by Gasteiger charge is 2.20. The second-order valence-corrected chi connectivity index (χ2v) is 16.1. The minimum absolute atomic E-state index is 1.14. The van der Waals surface area contributed by atoms with Crippen molar-refractivity contribution in [3.05, 3.63) is 243 Å². The van der Waals surface area contributed by atoms with E-state index in [9.17, 15) is 0 Å². The van der Waals surface area contributed by atoms with E-state index in [0.29, 0.717) is 0 Å². The van der Waals surface area contributed by atoms with Gasteiger partial charge in [0, 0.05) is 32.8 Å². The average Bonchev–Trinajstić information content (AvgIpc) is 3.87. The molecular weight excluding hydrogens is 749 g/mol. The first kappa shape index (κ1) is 35.7. The highest BCUT2D eigenvalue weighted by Crippen LogP contribution is 2.43. The number of hydrogen-bond acceptors (Lipinski definition) is 0.